The van der Waals surface area contributed by atoms with Crippen molar-refractivity contribution in [2.75, 3.05) is 31.3 Å². The van der Waals surface area contributed by atoms with Crippen molar-refractivity contribution in [1.29, 1.82) is 0 Å². The number of morpholine rings is 1. The lowest BCUT2D eigenvalue weighted by Gasteiger charge is -2.29. The summed E-state index contributed by atoms with van der Waals surface area (Å²) >= 11 is 5.93. The molecule has 6 nitrogen and oxygen atoms in total. The monoisotopic (exact) mass is 273 g/mol. The zero-order chi connectivity index (χ0) is 13.3. The molecule has 7 heteroatoms. The zero-order valence-electron chi connectivity index (χ0n) is 10.4. The first-order chi connectivity index (χ1) is 8.52. The summed E-state index contributed by atoms with van der Waals surface area (Å²) in [6.07, 6.45) is 0. The van der Waals surface area contributed by atoms with Gasteiger partial charge in [0.15, 0.2) is 0 Å². The van der Waals surface area contributed by atoms with Crippen molar-refractivity contribution in [2.24, 2.45) is 0 Å². The average Bonchev–Trinajstić information content (AvgIpc) is 2.28. The molecule has 1 aliphatic heterocycles. The van der Waals surface area contributed by atoms with E-state index in [4.69, 9.17) is 16.3 Å². The van der Waals surface area contributed by atoms with Crippen LogP contribution in [0.3, 0.4) is 0 Å². The Balaban J connectivity index is 2.56. The minimum absolute atomic E-state index is 0.0471. The normalized spacial score (nSPS) is 16.3. The van der Waals surface area contributed by atoms with Crippen molar-refractivity contribution in [3.8, 4) is 0 Å². The van der Waals surface area contributed by atoms with Gasteiger partial charge in [-0.05, 0) is 5.92 Å². The maximum absolute atomic E-state index is 12.3. The number of hydrogen-bond donors (Lipinski definition) is 1. The van der Waals surface area contributed by atoms with Crippen LogP contribution in [0.4, 0.5) is 0 Å². The topological polar surface area (TPSA) is 67.3 Å². The highest BCUT2D eigenvalue weighted by atomic mass is 35.5. The van der Waals surface area contributed by atoms with Crippen molar-refractivity contribution in [3.05, 3.63) is 31.6 Å². The van der Waals surface area contributed by atoms with Gasteiger partial charge >= 0.3 is 5.69 Å². The Morgan fingerprint density at radius 2 is 1.89 bits per heavy atom. The summed E-state index contributed by atoms with van der Waals surface area (Å²) in [5, 5.41) is 1.82. The molecular formula is C11H16ClN3O3. The average molecular weight is 274 g/mol. The van der Waals surface area contributed by atoms with E-state index >= 15 is 0 Å². The predicted molar refractivity (Wildman–Crippen MR) is 69.2 cm³/mol. The molecule has 2 rings (SSSR count). The molecule has 0 amide bonds. The highest BCUT2D eigenvalue weighted by molar-refractivity contribution is 6.30. The Kier molecular flexibility index (Phi) is 3.77. The Morgan fingerprint density at radius 1 is 1.28 bits per heavy atom. The van der Waals surface area contributed by atoms with Crippen molar-refractivity contribution in [1.82, 2.24) is 9.66 Å². The van der Waals surface area contributed by atoms with Crippen LogP contribution in [0.25, 0.3) is 0 Å². The first-order valence-electron chi connectivity index (χ1n) is 5.90. The van der Waals surface area contributed by atoms with Crippen LogP contribution in [0.2, 0.25) is 5.15 Å². The van der Waals surface area contributed by atoms with Crippen LogP contribution in [0.5, 0.6) is 0 Å². The largest absolute Gasteiger partial charge is 0.378 e. The number of halogens is 1. The smallest absolute Gasteiger partial charge is 0.348 e. The highest BCUT2D eigenvalue weighted by Gasteiger charge is 2.20. The van der Waals surface area contributed by atoms with Crippen molar-refractivity contribution >= 4 is 11.6 Å². The summed E-state index contributed by atoms with van der Waals surface area (Å²) in [5.74, 6) is -0.0471. The lowest BCUT2D eigenvalue weighted by atomic mass is 10.1. The number of hydrogen-bond acceptors (Lipinski definition) is 4. The van der Waals surface area contributed by atoms with E-state index in [0.29, 0.717) is 31.9 Å². The Hall–Kier alpha value is -1.27. The van der Waals surface area contributed by atoms with Crippen molar-refractivity contribution in [3.63, 3.8) is 0 Å². The fraction of sp³-hybridized carbons (Fsp3) is 0.636. The van der Waals surface area contributed by atoms with Crippen LogP contribution in [0.1, 0.15) is 25.3 Å². The van der Waals surface area contributed by atoms with Crippen LogP contribution in [-0.2, 0) is 4.74 Å². The van der Waals surface area contributed by atoms with E-state index in [1.54, 1.807) is 5.01 Å². The van der Waals surface area contributed by atoms with E-state index in [9.17, 15) is 9.59 Å². The number of nitrogens with zero attached hydrogens (tertiary/aromatic N) is 2. The fourth-order valence-corrected chi connectivity index (χ4v) is 2.41. The van der Waals surface area contributed by atoms with Gasteiger partial charge in [-0.15, -0.1) is 0 Å². The van der Waals surface area contributed by atoms with Crippen LogP contribution in [-0.4, -0.2) is 36.0 Å². The summed E-state index contributed by atoms with van der Waals surface area (Å²) in [6, 6.07) is 0. The predicted octanol–water partition coefficient (Wildman–Crippen LogP) is 0.282. The third kappa shape index (κ3) is 2.30. The first-order valence-corrected chi connectivity index (χ1v) is 6.28. The lowest BCUT2D eigenvalue weighted by Crippen LogP contribution is -2.55. The molecule has 0 radical (unpaired) electrons. The number of aromatic nitrogens is 2. The number of aromatic amines is 1. The maximum atomic E-state index is 12.3. The van der Waals surface area contributed by atoms with Crippen LogP contribution < -0.4 is 16.3 Å². The fourth-order valence-electron chi connectivity index (χ4n) is 2.03. The zero-order valence-corrected chi connectivity index (χ0v) is 11.2. The third-order valence-electron chi connectivity index (χ3n) is 2.92. The van der Waals surface area contributed by atoms with Gasteiger partial charge < -0.3 is 9.75 Å². The van der Waals surface area contributed by atoms with E-state index in [-0.39, 0.29) is 16.6 Å². The van der Waals surface area contributed by atoms with Gasteiger partial charge in [-0.1, -0.05) is 25.4 Å². The molecule has 0 unspecified atom stereocenters. The molecule has 0 bridgehead atoms. The molecule has 1 N–H and O–H groups in total. The molecule has 0 aromatic carbocycles. The lowest BCUT2D eigenvalue weighted by molar-refractivity contribution is 0.110. The van der Waals surface area contributed by atoms with Crippen molar-refractivity contribution < 1.29 is 4.74 Å². The molecule has 0 atom stereocenters. The quantitative estimate of drug-likeness (QED) is 0.786. The summed E-state index contributed by atoms with van der Waals surface area (Å²) in [5.41, 5.74) is -0.417. The second kappa shape index (κ2) is 5.16. The molecule has 1 fully saturated rings. The third-order valence-corrected chi connectivity index (χ3v) is 3.21. The minimum Gasteiger partial charge on any atom is -0.378 e. The second-order valence-electron chi connectivity index (χ2n) is 4.50. The molecule has 0 saturated carbocycles. The maximum Gasteiger partial charge on any atom is 0.348 e. The van der Waals surface area contributed by atoms with Crippen LogP contribution >= 0.6 is 11.6 Å². The molecule has 1 aromatic heterocycles. The van der Waals surface area contributed by atoms with E-state index in [1.807, 2.05) is 13.8 Å². The summed E-state index contributed by atoms with van der Waals surface area (Å²) in [6.45, 7) is 5.77. The van der Waals surface area contributed by atoms with Gasteiger partial charge in [0.25, 0.3) is 5.56 Å². The number of nitrogens with one attached hydrogen (secondary N) is 1. The molecule has 100 valence electrons. The standard InChI is InChI=1S/C11H16ClN3O3/c1-7(2)8-9(12)13-11(17)15(10(8)16)14-3-5-18-6-4-14/h7H,3-6H2,1-2H3,(H,13,17). The van der Waals surface area contributed by atoms with Crippen molar-refractivity contribution in [2.45, 2.75) is 19.8 Å². The molecular weight excluding hydrogens is 258 g/mol. The SMILES string of the molecule is CC(C)c1c(Cl)[nH]c(=O)n(N2CCOCC2)c1=O. The van der Waals surface area contributed by atoms with Gasteiger partial charge in [0.05, 0.1) is 31.9 Å². The Morgan fingerprint density at radius 3 is 2.44 bits per heavy atom. The van der Waals surface area contributed by atoms with Gasteiger partial charge in [0.2, 0.25) is 0 Å². The van der Waals surface area contributed by atoms with E-state index < -0.39 is 5.69 Å². The molecule has 0 aliphatic carbocycles. The Labute approximate surface area is 109 Å². The van der Waals surface area contributed by atoms with Crippen LogP contribution in [0, 0.1) is 0 Å². The molecule has 1 saturated heterocycles. The van der Waals surface area contributed by atoms with E-state index in [2.05, 4.69) is 4.98 Å². The molecule has 2 heterocycles. The highest BCUT2D eigenvalue weighted by Crippen LogP contribution is 2.16. The molecule has 0 spiro atoms. The minimum atomic E-state index is -0.503. The summed E-state index contributed by atoms with van der Waals surface area (Å²) in [7, 11) is 0. The van der Waals surface area contributed by atoms with Gasteiger partial charge in [0.1, 0.15) is 5.15 Å². The molecule has 1 aliphatic rings. The van der Waals surface area contributed by atoms with Gasteiger partial charge in [-0.3, -0.25) is 9.78 Å². The first kappa shape index (κ1) is 13.2. The van der Waals surface area contributed by atoms with Gasteiger partial charge in [-0.25, -0.2) is 4.79 Å². The van der Waals surface area contributed by atoms with Gasteiger partial charge in [0, 0.05) is 0 Å². The number of ether oxygens (including phenoxy) is 1. The number of rotatable bonds is 2. The Bertz CT molecular complexity index is 543. The van der Waals surface area contributed by atoms with Crippen LogP contribution in [0.15, 0.2) is 9.59 Å². The summed E-state index contributed by atoms with van der Waals surface area (Å²) < 4.78 is 6.34. The molecule has 18 heavy (non-hydrogen) atoms. The number of H-pyrrole nitrogens is 1. The summed E-state index contributed by atoms with van der Waals surface area (Å²) in [4.78, 5) is 26.7. The molecule has 1 aromatic rings. The van der Waals surface area contributed by atoms with E-state index in [0.717, 1.165) is 4.68 Å². The second-order valence-corrected chi connectivity index (χ2v) is 4.87. The van der Waals surface area contributed by atoms with E-state index in [1.165, 1.54) is 0 Å². The van der Waals surface area contributed by atoms with Gasteiger partial charge in [-0.2, -0.15) is 4.68 Å².